The zero-order chi connectivity index (χ0) is 25.2. The molecule has 0 spiro atoms. The minimum absolute atomic E-state index is 0.0573. The Labute approximate surface area is 199 Å². The van der Waals surface area contributed by atoms with Gasteiger partial charge in [-0.25, -0.2) is 8.78 Å². The molecule has 2 aromatic rings. The number of aliphatic hydroxyl groups excluding tert-OH is 1. The van der Waals surface area contributed by atoms with Crippen LogP contribution in [-0.4, -0.2) is 47.8 Å². The topological polar surface area (TPSA) is 83.4 Å². The number of piperidine rings is 1. The van der Waals surface area contributed by atoms with Crippen LogP contribution in [0.2, 0.25) is 0 Å². The first kappa shape index (κ1) is 24.8. The van der Waals surface area contributed by atoms with Crippen LogP contribution < -0.4 is 16.0 Å². The number of para-hydroxylation sites is 2. The highest BCUT2D eigenvalue weighted by molar-refractivity contribution is 6.00. The van der Waals surface area contributed by atoms with E-state index in [1.165, 1.54) is 11.0 Å². The molecular weight excluding hydrogens is 469 g/mol. The summed E-state index contributed by atoms with van der Waals surface area (Å²) in [6.45, 7) is -0.669. The summed E-state index contributed by atoms with van der Waals surface area (Å²) in [5.74, 6) is -2.76. The molecule has 4 rings (SSSR count). The van der Waals surface area contributed by atoms with Crippen molar-refractivity contribution in [2.45, 2.75) is 31.7 Å². The largest absolute Gasteiger partial charge is 0.494 e. The summed E-state index contributed by atoms with van der Waals surface area (Å²) in [4.78, 5) is 1.30. The number of hydrogen-bond donors (Lipinski definition) is 5. The maximum atomic E-state index is 13.8. The highest BCUT2D eigenvalue weighted by Gasteiger charge is 2.34. The van der Waals surface area contributed by atoms with Gasteiger partial charge >= 0.3 is 6.18 Å². The summed E-state index contributed by atoms with van der Waals surface area (Å²) < 4.78 is 65.4. The highest BCUT2D eigenvalue weighted by atomic mass is 19.4. The van der Waals surface area contributed by atoms with E-state index in [9.17, 15) is 27.1 Å². The third-order valence-corrected chi connectivity index (χ3v) is 6.18. The molecule has 0 amide bonds. The molecule has 5 N–H and O–H groups in total. The lowest BCUT2D eigenvalue weighted by atomic mass is 9.86. The number of fused-ring (bicyclic) bond motifs is 1. The summed E-state index contributed by atoms with van der Waals surface area (Å²) in [5, 5.41) is 28.9. The van der Waals surface area contributed by atoms with Crippen molar-refractivity contribution >= 4 is 17.1 Å². The molecule has 0 radical (unpaired) electrons. The van der Waals surface area contributed by atoms with Gasteiger partial charge in [0.2, 0.25) is 0 Å². The van der Waals surface area contributed by atoms with Crippen LogP contribution in [0.1, 0.15) is 18.4 Å². The van der Waals surface area contributed by atoms with Gasteiger partial charge in [0.05, 0.1) is 17.9 Å². The van der Waals surface area contributed by atoms with Crippen molar-refractivity contribution in [3.05, 3.63) is 71.1 Å². The monoisotopic (exact) mass is 495 g/mol. The molecule has 2 aromatic carbocycles. The molecule has 1 fully saturated rings. The molecule has 0 saturated carbocycles. The number of alkyl halides is 3. The van der Waals surface area contributed by atoms with E-state index in [0.717, 1.165) is 23.5 Å². The van der Waals surface area contributed by atoms with Crippen LogP contribution in [0.3, 0.4) is 0 Å². The number of likely N-dealkylation sites (tertiary alicyclic amines) is 1. The lowest BCUT2D eigenvalue weighted by molar-refractivity contribution is -0.148. The zero-order valence-corrected chi connectivity index (χ0v) is 18.7. The molecule has 2 heterocycles. The number of allylic oxidation sites excluding steroid dienone is 1. The summed E-state index contributed by atoms with van der Waals surface area (Å²) in [7, 11) is 0. The Bertz CT molecular complexity index is 1090. The molecule has 0 bridgehead atoms. The van der Waals surface area contributed by atoms with Crippen LogP contribution in [-0.2, 0) is 6.42 Å². The van der Waals surface area contributed by atoms with Gasteiger partial charge in [0, 0.05) is 23.6 Å². The van der Waals surface area contributed by atoms with Crippen molar-refractivity contribution in [3.63, 3.8) is 0 Å². The minimum Gasteiger partial charge on any atom is -0.494 e. The van der Waals surface area contributed by atoms with Gasteiger partial charge in [-0.15, -0.1) is 0 Å². The van der Waals surface area contributed by atoms with E-state index >= 15 is 0 Å². The highest BCUT2D eigenvalue weighted by Crippen LogP contribution is 2.29. The number of halogens is 5. The fourth-order valence-corrected chi connectivity index (χ4v) is 4.42. The number of nitrogens with zero attached hydrogens (tertiary/aromatic N) is 1. The Kier molecular flexibility index (Phi) is 7.15. The van der Waals surface area contributed by atoms with E-state index < -0.39 is 30.6 Å². The molecule has 2 aliphatic heterocycles. The van der Waals surface area contributed by atoms with Gasteiger partial charge in [-0.3, -0.25) is 4.90 Å². The van der Waals surface area contributed by atoms with Crippen molar-refractivity contribution in [3.8, 4) is 0 Å². The number of aliphatic hydroxyl groups is 1. The first-order valence-electron chi connectivity index (χ1n) is 11.2. The van der Waals surface area contributed by atoms with Crippen LogP contribution in [0.4, 0.5) is 33.3 Å². The third kappa shape index (κ3) is 6.21. The van der Waals surface area contributed by atoms with Crippen molar-refractivity contribution < 1.29 is 27.1 Å². The van der Waals surface area contributed by atoms with Crippen molar-refractivity contribution in [2.24, 2.45) is 5.92 Å². The predicted octanol–water partition coefficient (Wildman–Crippen LogP) is 4.98. The normalized spacial score (nSPS) is 17.9. The summed E-state index contributed by atoms with van der Waals surface area (Å²) in [6, 6.07) is 10.7. The first-order chi connectivity index (χ1) is 16.6. The molecule has 0 unspecified atom stereocenters. The standard InChI is InChI=1S/C24H26F5N5O/c25-17-6-5-14(12-18(17)26)11-16(21(30)15-7-9-34(10-8-15)13-24(27,28)29)22(35)33-23-31-19-3-1-2-4-20(19)32-23/h1-6,12,15,23,30-33,35H,7-11,13H2/b22-16+,30-21?. The summed E-state index contributed by atoms with van der Waals surface area (Å²) in [5.41, 5.74) is 2.20. The molecule has 0 aromatic heterocycles. The van der Waals surface area contributed by atoms with Gasteiger partial charge in [0.1, 0.15) is 0 Å². The molecule has 11 heteroatoms. The second-order valence-corrected chi connectivity index (χ2v) is 8.74. The molecule has 0 atom stereocenters. The van der Waals surface area contributed by atoms with Crippen molar-refractivity contribution in [2.75, 3.05) is 30.3 Å². The second kappa shape index (κ2) is 10.1. The van der Waals surface area contributed by atoms with Gasteiger partial charge in [-0.05, 0) is 55.8 Å². The number of hydrogen-bond acceptors (Lipinski definition) is 6. The fourth-order valence-electron chi connectivity index (χ4n) is 4.42. The second-order valence-electron chi connectivity index (χ2n) is 8.74. The SMILES string of the molecule is N=C(/C(Cc1ccc(F)c(F)c1)=C(/O)NC1Nc2ccccc2N1)C1CCN(CC(F)(F)F)CC1. The quantitative estimate of drug-likeness (QED) is 0.213. The molecule has 6 nitrogen and oxygen atoms in total. The number of rotatable bonds is 7. The summed E-state index contributed by atoms with van der Waals surface area (Å²) in [6.07, 6.45) is -4.31. The van der Waals surface area contributed by atoms with Gasteiger partial charge < -0.3 is 26.5 Å². The lowest BCUT2D eigenvalue weighted by Crippen LogP contribution is -2.42. The molecule has 0 aliphatic carbocycles. The maximum absolute atomic E-state index is 13.8. The molecule has 188 valence electrons. The van der Waals surface area contributed by atoms with Crippen LogP contribution in [0.15, 0.2) is 53.9 Å². The van der Waals surface area contributed by atoms with Gasteiger partial charge in [0.25, 0.3) is 0 Å². The van der Waals surface area contributed by atoms with Crippen LogP contribution in [0.25, 0.3) is 0 Å². The van der Waals surface area contributed by atoms with E-state index in [1.54, 1.807) is 0 Å². The van der Waals surface area contributed by atoms with Gasteiger partial charge in [0.15, 0.2) is 23.8 Å². The van der Waals surface area contributed by atoms with E-state index in [1.807, 2.05) is 24.3 Å². The molecule has 2 aliphatic rings. The van der Waals surface area contributed by atoms with Gasteiger partial charge in [-0.2, -0.15) is 13.2 Å². The number of benzene rings is 2. The third-order valence-electron chi connectivity index (χ3n) is 6.18. The summed E-state index contributed by atoms with van der Waals surface area (Å²) >= 11 is 0. The van der Waals surface area contributed by atoms with E-state index in [-0.39, 0.29) is 42.6 Å². The fraction of sp³-hybridized carbons (Fsp3) is 0.375. The van der Waals surface area contributed by atoms with Crippen LogP contribution in [0, 0.1) is 23.0 Å². The van der Waals surface area contributed by atoms with E-state index in [0.29, 0.717) is 18.4 Å². The lowest BCUT2D eigenvalue weighted by Gasteiger charge is -2.33. The number of nitrogens with one attached hydrogen (secondary N) is 4. The number of anilines is 2. The molecule has 35 heavy (non-hydrogen) atoms. The predicted molar refractivity (Wildman–Crippen MR) is 123 cm³/mol. The Hall–Kier alpha value is -3.34. The molecule has 1 saturated heterocycles. The zero-order valence-electron chi connectivity index (χ0n) is 18.7. The van der Waals surface area contributed by atoms with Crippen molar-refractivity contribution in [1.29, 1.82) is 5.41 Å². The average molecular weight is 495 g/mol. The Balaban J connectivity index is 1.52. The first-order valence-corrected chi connectivity index (χ1v) is 11.2. The smallest absolute Gasteiger partial charge is 0.401 e. The van der Waals surface area contributed by atoms with Crippen molar-refractivity contribution in [1.82, 2.24) is 10.2 Å². The van der Waals surface area contributed by atoms with Crippen LogP contribution >= 0.6 is 0 Å². The minimum atomic E-state index is -4.29. The molecular formula is C24H26F5N5O. The van der Waals surface area contributed by atoms with E-state index in [2.05, 4.69) is 16.0 Å². The van der Waals surface area contributed by atoms with Crippen LogP contribution in [0.5, 0.6) is 0 Å². The average Bonchev–Trinajstić information content (AvgIpc) is 3.21. The Morgan fingerprint density at radius 1 is 1.03 bits per heavy atom. The van der Waals surface area contributed by atoms with Gasteiger partial charge in [-0.1, -0.05) is 18.2 Å². The Morgan fingerprint density at radius 3 is 2.23 bits per heavy atom. The maximum Gasteiger partial charge on any atom is 0.401 e. The Morgan fingerprint density at radius 2 is 1.66 bits per heavy atom. The van der Waals surface area contributed by atoms with E-state index in [4.69, 9.17) is 5.41 Å².